The Morgan fingerprint density at radius 3 is 2.36 bits per heavy atom. The average Bonchev–Trinajstić information content (AvgIpc) is 1.97. The molecule has 0 saturated heterocycles. The maximum absolute atomic E-state index is 10.7. The molecule has 4 nitrogen and oxygen atoms in total. The van der Waals surface area contributed by atoms with Crippen molar-refractivity contribution in [3.8, 4) is 11.5 Å². The van der Waals surface area contributed by atoms with E-state index in [0.717, 1.165) is 6.07 Å². The van der Waals surface area contributed by atoms with Gasteiger partial charge in [0.1, 0.15) is 11.5 Å². The predicted molar refractivity (Wildman–Crippen MR) is 53.0 cm³/mol. The third-order valence-corrected chi connectivity index (χ3v) is 2.71. The zero-order valence-electron chi connectivity index (χ0n) is 7.36. The van der Waals surface area contributed by atoms with Crippen molar-refractivity contribution in [1.29, 1.82) is 0 Å². The highest BCUT2D eigenvalue weighted by molar-refractivity contribution is 8.13. The Labute approximate surface area is 86.2 Å². The van der Waals surface area contributed by atoms with Crippen LogP contribution < -0.4 is 0 Å². The van der Waals surface area contributed by atoms with E-state index in [0.29, 0.717) is 5.56 Å². The number of benzene rings is 1. The Morgan fingerprint density at radius 2 is 1.86 bits per heavy atom. The van der Waals surface area contributed by atoms with Gasteiger partial charge in [-0.1, -0.05) is 0 Å². The van der Waals surface area contributed by atoms with Gasteiger partial charge in [-0.05, 0) is 18.6 Å². The van der Waals surface area contributed by atoms with Crippen molar-refractivity contribution < 1.29 is 18.6 Å². The molecule has 1 aromatic carbocycles. The van der Waals surface area contributed by atoms with Crippen LogP contribution in [0.25, 0.3) is 0 Å². The molecule has 78 valence electrons. The van der Waals surface area contributed by atoms with Gasteiger partial charge in [-0.25, -0.2) is 8.42 Å². The van der Waals surface area contributed by atoms with E-state index in [9.17, 15) is 18.6 Å². The van der Waals surface area contributed by atoms with E-state index in [1.54, 1.807) is 6.92 Å². The zero-order chi connectivity index (χ0) is 10.9. The molecule has 0 atom stereocenters. The van der Waals surface area contributed by atoms with Gasteiger partial charge in [0, 0.05) is 22.3 Å². The second-order valence-corrected chi connectivity index (χ2v) is 5.73. The molecule has 14 heavy (non-hydrogen) atoms. The molecule has 0 aliphatic carbocycles. The Balaban J connectivity index is 3.17. The summed E-state index contributed by atoms with van der Waals surface area (Å²) in [5.74, 6) is -0.822. The van der Waals surface area contributed by atoms with Gasteiger partial charge in [-0.15, -0.1) is 0 Å². The standard InChI is InChI=1S/C8H9ClO4S/c1-5-2-6(4-14(9,12)13)8(11)3-7(5)10/h2-3,10-11H,4H2,1H3. The van der Waals surface area contributed by atoms with Gasteiger partial charge in [-0.2, -0.15) is 0 Å². The molecule has 0 aliphatic heterocycles. The summed E-state index contributed by atoms with van der Waals surface area (Å²) < 4.78 is 21.5. The molecule has 2 N–H and O–H groups in total. The van der Waals surface area contributed by atoms with Gasteiger partial charge >= 0.3 is 0 Å². The van der Waals surface area contributed by atoms with Crippen molar-refractivity contribution in [2.75, 3.05) is 0 Å². The summed E-state index contributed by atoms with van der Waals surface area (Å²) >= 11 is 0. The molecule has 0 heterocycles. The van der Waals surface area contributed by atoms with Crippen molar-refractivity contribution >= 4 is 19.7 Å². The third kappa shape index (κ3) is 2.78. The molecule has 1 rings (SSSR count). The number of aryl methyl sites for hydroxylation is 1. The van der Waals surface area contributed by atoms with E-state index >= 15 is 0 Å². The number of phenols is 2. The highest BCUT2D eigenvalue weighted by Crippen LogP contribution is 2.28. The van der Waals surface area contributed by atoms with Crippen LogP contribution in [-0.2, 0) is 14.8 Å². The maximum Gasteiger partial charge on any atom is 0.236 e. The number of hydrogen-bond donors (Lipinski definition) is 2. The van der Waals surface area contributed by atoms with Gasteiger partial charge in [0.25, 0.3) is 0 Å². The van der Waals surface area contributed by atoms with Crippen LogP contribution in [0.3, 0.4) is 0 Å². The van der Waals surface area contributed by atoms with Crippen molar-refractivity contribution in [3.05, 3.63) is 23.3 Å². The molecule has 6 heteroatoms. The van der Waals surface area contributed by atoms with Gasteiger partial charge in [0.15, 0.2) is 0 Å². The van der Waals surface area contributed by atoms with Crippen LogP contribution >= 0.6 is 10.7 Å². The van der Waals surface area contributed by atoms with E-state index in [4.69, 9.17) is 10.7 Å². The predicted octanol–water partition coefficient (Wildman–Crippen LogP) is 1.47. The van der Waals surface area contributed by atoms with Crippen molar-refractivity contribution in [3.63, 3.8) is 0 Å². The Bertz CT molecular complexity index is 453. The van der Waals surface area contributed by atoms with Crippen molar-refractivity contribution in [1.82, 2.24) is 0 Å². The van der Waals surface area contributed by atoms with Crippen LogP contribution in [0.1, 0.15) is 11.1 Å². The zero-order valence-corrected chi connectivity index (χ0v) is 8.93. The van der Waals surface area contributed by atoms with Crippen LogP contribution in [0, 0.1) is 6.92 Å². The molecule has 0 aromatic heterocycles. The summed E-state index contributed by atoms with van der Waals surface area (Å²) in [5, 5.41) is 18.5. The highest BCUT2D eigenvalue weighted by Gasteiger charge is 2.12. The summed E-state index contributed by atoms with van der Waals surface area (Å²) in [5.41, 5.74) is 0.661. The van der Waals surface area contributed by atoms with Gasteiger partial charge in [0.2, 0.25) is 9.05 Å². The lowest BCUT2D eigenvalue weighted by molar-refractivity contribution is 0.444. The Hall–Kier alpha value is -0.940. The van der Waals surface area contributed by atoms with Crippen molar-refractivity contribution in [2.24, 2.45) is 0 Å². The quantitative estimate of drug-likeness (QED) is 0.763. The van der Waals surface area contributed by atoms with Crippen LogP contribution in [0.4, 0.5) is 0 Å². The SMILES string of the molecule is Cc1cc(CS(=O)(=O)Cl)c(O)cc1O. The van der Waals surface area contributed by atoms with E-state index in [-0.39, 0.29) is 17.1 Å². The lowest BCUT2D eigenvalue weighted by Crippen LogP contribution is -1.96. The monoisotopic (exact) mass is 236 g/mol. The minimum atomic E-state index is -3.70. The molecule has 0 fully saturated rings. The first kappa shape index (κ1) is 11.1. The highest BCUT2D eigenvalue weighted by atomic mass is 35.7. The van der Waals surface area contributed by atoms with Crippen LogP contribution in [0.2, 0.25) is 0 Å². The first-order valence-electron chi connectivity index (χ1n) is 3.73. The minimum Gasteiger partial charge on any atom is -0.508 e. The van der Waals surface area contributed by atoms with Crippen LogP contribution in [0.15, 0.2) is 12.1 Å². The molecule has 0 amide bonds. The summed E-state index contributed by atoms with van der Waals surface area (Å²) in [4.78, 5) is 0. The Morgan fingerprint density at radius 1 is 1.29 bits per heavy atom. The van der Waals surface area contributed by atoms with Gasteiger partial charge in [-0.3, -0.25) is 0 Å². The number of rotatable bonds is 2. The minimum absolute atomic E-state index is 0.0850. The molecule has 0 unspecified atom stereocenters. The Kier molecular flexibility index (Phi) is 2.92. The number of phenolic OH excluding ortho intramolecular Hbond substituents is 2. The number of aromatic hydroxyl groups is 2. The number of halogens is 1. The van der Waals surface area contributed by atoms with Gasteiger partial charge < -0.3 is 10.2 Å². The van der Waals surface area contributed by atoms with E-state index in [1.807, 2.05) is 0 Å². The molecular weight excluding hydrogens is 228 g/mol. The van der Waals surface area contributed by atoms with Crippen LogP contribution in [-0.4, -0.2) is 18.6 Å². The molecule has 0 radical (unpaired) electrons. The summed E-state index contributed by atoms with van der Waals surface area (Å²) in [6.07, 6.45) is 0. The molecule has 0 aliphatic rings. The summed E-state index contributed by atoms with van der Waals surface area (Å²) in [7, 11) is 1.33. The average molecular weight is 237 g/mol. The molecule has 0 bridgehead atoms. The van der Waals surface area contributed by atoms with E-state index in [2.05, 4.69) is 0 Å². The second-order valence-electron chi connectivity index (χ2n) is 2.95. The van der Waals surface area contributed by atoms with E-state index in [1.165, 1.54) is 6.07 Å². The lowest BCUT2D eigenvalue weighted by Gasteiger charge is -2.05. The fraction of sp³-hybridized carbons (Fsp3) is 0.250. The van der Waals surface area contributed by atoms with Crippen LogP contribution in [0.5, 0.6) is 11.5 Å². The first-order valence-corrected chi connectivity index (χ1v) is 6.21. The normalized spacial score (nSPS) is 11.6. The summed E-state index contributed by atoms with van der Waals surface area (Å²) in [6, 6.07) is 2.47. The number of hydrogen-bond acceptors (Lipinski definition) is 4. The second kappa shape index (κ2) is 3.67. The third-order valence-electron chi connectivity index (χ3n) is 1.73. The maximum atomic E-state index is 10.7. The summed E-state index contributed by atoms with van der Waals surface area (Å²) in [6.45, 7) is 1.60. The fourth-order valence-electron chi connectivity index (χ4n) is 1.05. The molecule has 0 saturated carbocycles. The molecular formula is C8H9ClO4S. The topological polar surface area (TPSA) is 74.6 Å². The fourth-order valence-corrected chi connectivity index (χ4v) is 2.00. The van der Waals surface area contributed by atoms with Gasteiger partial charge in [0.05, 0.1) is 5.75 Å². The molecule has 0 spiro atoms. The largest absolute Gasteiger partial charge is 0.508 e. The first-order chi connectivity index (χ1) is 6.29. The molecule has 1 aromatic rings. The van der Waals surface area contributed by atoms with E-state index < -0.39 is 14.8 Å². The van der Waals surface area contributed by atoms with Crippen molar-refractivity contribution in [2.45, 2.75) is 12.7 Å². The smallest absolute Gasteiger partial charge is 0.236 e. The lowest BCUT2D eigenvalue weighted by atomic mass is 10.1.